The van der Waals surface area contributed by atoms with Crippen LogP contribution in [0.4, 0.5) is 0 Å². The molecule has 3 atom stereocenters. The summed E-state index contributed by atoms with van der Waals surface area (Å²) in [5.74, 6) is 0.811. The smallest absolute Gasteiger partial charge is 0.254 e. The van der Waals surface area contributed by atoms with Gasteiger partial charge in [-0.1, -0.05) is 17.7 Å². The Morgan fingerprint density at radius 1 is 1.11 bits per heavy atom. The number of piperidine rings is 1. The third-order valence-electron chi connectivity index (χ3n) is 8.54. The van der Waals surface area contributed by atoms with E-state index in [0.29, 0.717) is 49.9 Å². The summed E-state index contributed by atoms with van der Waals surface area (Å²) in [6.45, 7) is 6.56. The van der Waals surface area contributed by atoms with Crippen LogP contribution in [0.2, 0.25) is 0 Å². The first kappa shape index (κ1) is 27.6. The van der Waals surface area contributed by atoms with Crippen molar-refractivity contribution in [2.75, 3.05) is 32.8 Å². The van der Waals surface area contributed by atoms with E-state index in [0.717, 1.165) is 57.2 Å². The maximum atomic E-state index is 13.7. The van der Waals surface area contributed by atoms with Gasteiger partial charge in [-0.25, -0.2) is 0 Å². The molecule has 8 heteroatoms. The van der Waals surface area contributed by atoms with Crippen molar-refractivity contribution in [2.45, 2.75) is 83.4 Å². The minimum atomic E-state index is -0.575. The zero-order chi connectivity index (χ0) is 26.4. The van der Waals surface area contributed by atoms with Crippen LogP contribution in [0.1, 0.15) is 74.2 Å². The number of carbonyl (C=O) groups excluding carboxylic acids is 3. The van der Waals surface area contributed by atoms with E-state index >= 15 is 0 Å². The molecule has 1 aromatic carbocycles. The Morgan fingerprint density at radius 3 is 2.51 bits per heavy atom. The summed E-state index contributed by atoms with van der Waals surface area (Å²) in [6, 6.07) is 6.95. The Morgan fingerprint density at radius 2 is 1.86 bits per heavy atom. The summed E-state index contributed by atoms with van der Waals surface area (Å²) in [4.78, 5) is 43.2. The largest absolute Gasteiger partial charge is 0.376 e. The van der Waals surface area contributed by atoms with Crippen LogP contribution >= 0.6 is 0 Å². The van der Waals surface area contributed by atoms with E-state index in [1.807, 2.05) is 36.1 Å². The SMILES string of the molecule is CC(=O)N1CCC(N(CC2CCCO2)C(=O)c2cccc(C)c2)C[C@@H]1C(=O)NCC1CCC(CN)CC1. The lowest BCUT2D eigenvalue weighted by Crippen LogP contribution is -2.58. The van der Waals surface area contributed by atoms with Crippen molar-refractivity contribution in [3.63, 3.8) is 0 Å². The van der Waals surface area contributed by atoms with Crippen molar-refractivity contribution in [1.29, 1.82) is 0 Å². The molecule has 0 aromatic heterocycles. The molecule has 1 aliphatic carbocycles. The van der Waals surface area contributed by atoms with Gasteiger partial charge in [0, 0.05) is 44.8 Å². The summed E-state index contributed by atoms with van der Waals surface area (Å²) in [6.07, 6.45) is 7.40. The van der Waals surface area contributed by atoms with E-state index in [2.05, 4.69) is 5.32 Å². The summed E-state index contributed by atoms with van der Waals surface area (Å²) < 4.78 is 5.89. The predicted molar refractivity (Wildman–Crippen MR) is 143 cm³/mol. The second-order valence-corrected chi connectivity index (χ2v) is 11.2. The molecule has 2 heterocycles. The minimum absolute atomic E-state index is 0.00974. The molecular weight excluding hydrogens is 468 g/mol. The molecule has 3 fully saturated rings. The zero-order valence-corrected chi connectivity index (χ0v) is 22.5. The van der Waals surface area contributed by atoms with Crippen LogP contribution in [-0.2, 0) is 14.3 Å². The van der Waals surface area contributed by atoms with Gasteiger partial charge >= 0.3 is 0 Å². The molecule has 4 rings (SSSR count). The van der Waals surface area contributed by atoms with Gasteiger partial charge in [0.15, 0.2) is 0 Å². The van der Waals surface area contributed by atoms with Gasteiger partial charge < -0.3 is 25.6 Å². The number of aryl methyl sites for hydroxylation is 1. The van der Waals surface area contributed by atoms with Gasteiger partial charge in [0.05, 0.1) is 6.10 Å². The molecular formula is C29H44N4O4. The first-order valence-corrected chi connectivity index (χ1v) is 14.1. The van der Waals surface area contributed by atoms with Crippen LogP contribution in [0.3, 0.4) is 0 Å². The quantitative estimate of drug-likeness (QED) is 0.557. The average molecular weight is 513 g/mol. The lowest BCUT2D eigenvalue weighted by molar-refractivity contribution is -0.142. The number of benzene rings is 1. The number of nitrogens with one attached hydrogen (secondary N) is 1. The number of hydrogen-bond donors (Lipinski definition) is 2. The van der Waals surface area contributed by atoms with Crippen molar-refractivity contribution in [3.8, 4) is 0 Å². The molecule has 3 amide bonds. The summed E-state index contributed by atoms with van der Waals surface area (Å²) in [5, 5.41) is 3.15. The summed E-state index contributed by atoms with van der Waals surface area (Å²) in [7, 11) is 0. The van der Waals surface area contributed by atoms with Gasteiger partial charge in [-0.3, -0.25) is 14.4 Å². The van der Waals surface area contributed by atoms with Crippen LogP contribution in [0.15, 0.2) is 24.3 Å². The fourth-order valence-electron chi connectivity index (χ4n) is 6.24. The second-order valence-electron chi connectivity index (χ2n) is 11.2. The number of hydrogen-bond acceptors (Lipinski definition) is 5. The fraction of sp³-hybridized carbons (Fsp3) is 0.690. The van der Waals surface area contributed by atoms with E-state index in [9.17, 15) is 14.4 Å². The first-order chi connectivity index (χ1) is 17.9. The van der Waals surface area contributed by atoms with E-state index < -0.39 is 6.04 Å². The van der Waals surface area contributed by atoms with Gasteiger partial charge in [0.25, 0.3) is 5.91 Å². The number of ether oxygens (including phenoxy) is 1. The topological polar surface area (TPSA) is 105 Å². The van der Waals surface area contributed by atoms with Crippen molar-refractivity contribution in [3.05, 3.63) is 35.4 Å². The van der Waals surface area contributed by atoms with Gasteiger partial charge in [0.2, 0.25) is 11.8 Å². The monoisotopic (exact) mass is 512 g/mol. The molecule has 1 saturated carbocycles. The Kier molecular flexibility index (Phi) is 9.60. The van der Waals surface area contributed by atoms with E-state index in [1.165, 1.54) is 6.92 Å². The summed E-state index contributed by atoms with van der Waals surface area (Å²) >= 11 is 0. The van der Waals surface area contributed by atoms with E-state index in [-0.39, 0.29) is 29.9 Å². The summed E-state index contributed by atoms with van der Waals surface area (Å²) in [5.41, 5.74) is 7.51. The Hall–Kier alpha value is -2.45. The number of amides is 3. The minimum Gasteiger partial charge on any atom is -0.376 e. The first-order valence-electron chi connectivity index (χ1n) is 14.1. The fourth-order valence-corrected chi connectivity index (χ4v) is 6.24. The second kappa shape index (κ2) is 12.9. The number of likely N-dealkylation sites (tertiary alicyclic amines) is 1. The van der Waals surface area contributed by atoms with Crippen molar-refractivity contribution in [2.24, 2.45) is 17.6 Å². The molecule has 3 aliphatic rings. The maximum Gasteiger partial charge on any atom is 0.254 e. The third kappa shape index (κ3) is 7.11. The number of rotatable bonds is 8. The van der Waals surface area contributed by atoms with Gasteiger partial charge in [0.1, 0.15) is 6.04 Å². The standard InChI is InChI=1S/C29H44N4O4/c1-20-5-3-6-24(15-20)29(36)33(19-26-7-4-14-37-26)25-12-13-32(21(2)34)27(16-25)28(35)31-18-23-10-8-22(17-30)9-11-23/h3,5-6,15,22-23,25-27H,4,7-14,16-19,30H2,1-2H3,(H,31,35)/t22?,23?,25?,26?,27-/m1/s1. The van der Waals surface area contributed by atoms with Crippen LogP contribution in [0.5, 0.6) is 0 Å². The number of nitrogens with two attached hydrogens (primary N) is 1. The molecule has 1 aromatic rings. The average Bonchev–Trinajstić information content (AvgIpc) is 3.43. The Labute approximate surface area is 221 Å². The predicted octanol–water partition coefficient (Wildman–Crippen LogP) is 2.88. The van der Waals surface area contributed by atoms with Crippen LogP contribution in [0.25, 0.3) is 0 Å². The normalized spacial score (nSPS) is 28.1. The Bertz CT molecular complexity index is 940. The van der Waals surface area contributed by atoms with E-state index in [4.69, 9.17) is 10.5 Å². The molecule has 37 heavy (non-hydrogen) atoms. The van der Waals surface area contributed by atoms with E-state index in [1.54, 1.807) is 4.90 Å². The lowest BCUT2D eigenvalue weighted by atomic mass is 9.82. The van der Waals surface area contributed by atoms with Crippen LogP contribution in [-0.4, -0.2) is 78.5 Å². The zero-order valence-electron chi connectivity index (χ0n) is 22.5. The van der Waals surface area contributed by atoms with Gasteiger partial charge in [-0.2, -0.15) is 0 Å². The highest BCUT2D eigenvalue weighted by Crippen LogP contribution is 2.29. The highest BCUT2D eigenvalue weighted by Gasteiger charge is 2.39. The molecule has 2 unspecified atom stereocenters. The van der Waals surface area contributed by atoms with Crippen molar-refractivity contribution < 1.29 is 19.1 Å². The molecule has 0 bridgehead atoms. The van der Waals surface area contributed by atoms with Crippen molar-refractivity contribution in [1.82, 2.24) is 15.1 Å². The molecule has 0 radical (unpaired) electrons. The third-order valence-corrected chi connectivity index (χ3v) is 8.54. The lowest BCUT2D eigenvalue weighted by Gasteiger charge is -2.43. The maximum absolute atomic E-state index is 13.7. The molecule has 2 aliphatic heterocycles. The molecule has 3 N–H and O–H groups in total. The molecule has 204 valence electrons. The number of carbonyl (C=O) groups is 3. The highest BCUT2D eigenvalue weighted by molar-refractivity contribution is 5.95. The molecule has 8 nitrogen and oxygen atoms in total. The Balaban J connectivity index is 1.46. The van der Waals surface area contributed by atoms with Crippen molar-refractivity contribution >= 4 is 17.7 Å². The van der Waals surface area contributed by atoms with Crippen LogP contribution in [0, 0.1) is 18.8 Å². The van der Waals surface area contributed by atoms with Gasteiger partial charge in [-0.05, 0) is 88.8 Å². The molecule has 0 spiro atoms. The van der Waals surface area contributed by atoms with Gasteiger partial charge in [-0.15, -0.1) is 0 Å². The number of nitrogens with zero attached hydrogens (tertiary/aromatic N) is 2. The van der Waals surface area contributed by atoms with Crippen LogP contribution < -0.4 is 11.1 Å². The molecule has 2 saturated heterocycles. The highest BCUT2D eigenvalue weighted by atomic mass is 16.5.